The predicted molar refractivity (Wildman–Crippen MR) is 57.2 cm³/mol. The molecule has 0 saturated heterocycles. The summed E-state index contributed by atoms with van der Waals surface area (Å²) in [5.74, 6) is -0.347. The van der Waals surface area contributed by atoms with Crippen LogP contribution in [0.25, 0.3) is 5.69 Å². The summed E-state index contributed by atoms with van der Waals surface area (Å²) in [5.41, 5.74) is 0.309. The molecule has 2 rings (SSSR count). The van der Waals surface area contributed by atoms with Crippen molar-refractivity contribution in [1.82, 2.24) is 9.55 Å². The van der Waals surface area contributed by atoms with Crippen LogP contribution in [0, 0.1) is 10.6 Å². The molecule has 0 atom stereocenters. The van der Waals surface area contributed by atoms with Crippen molar-refractivity contribution >= 4 is 12.2 Å². The minimum atomic E-state index is -0.347. The van der Waals surface area contributed by atoms with Gasteiger partial charge in [0.05, 0.1) is 5.69 Å². The molecule has 0 unspecified atom stereocenters. The first kappa shape index (κ1) is 9.79. The maximum atomic E-state index is 12.9. The summed E-state index contributed by atoms with van der Waals surface area (Å²) >= 11 is 4.95. The van der Waals surface area contributed by atoms with Gasteiger partial charge in [0.1, 0.15) is 5.82 Å². The van der Waals surface area contributed by atoms with E-state index >= 15 is 0 Å². The molecule has 2 aromatic rings. The van der Waals surface area contributed by atoms with Gasteiger partial charge < -0.3 is 0 Å². The van der Waals surface area contributed by atoms with Gasteiger partial charge in [0, 0.05) is 12.3 Å². The molecule has 15 heavy (non-hydrogen) atoms. The molecular weight excluding hydrogens is 215 g/mol. The first-order chi connectivity index (χ1) is 7.16. The van der Waals surface area contributed by atoms with Gasteiger partial charge in [-0.05, 0) is 30.4 Å². The molecule has 0 aliphatic carbocycles. The molecule has 0 radical (unpaired) electrons. The van der Waals surface area contributed by atoms with Crippen molar-refractivity contribution in [2.24, 2.45) is 0 Å². The average molecular weight is 222 g/mol. The summed E-state index contributed by atoms with van der Waals surface area (Å²) in [5, 5.41) is 0. The normalized spacial score (nSPS) is 10.2. The Balaban J connectivity index is 2.64. The zero-order valence-electron chi connectivity index (χ0n) is 7.61. The Labute approximate surface area is 89.8 Å². The fourth-order valence-corrected chi connectivity index (χ4v) is 1.51. The Morgan fingerprint density at radius 1 is 1.33 bits per heavy atom. The van der Waals surface area contributed by atoms with Crippen LogP contribution in [0.15, 0.2) is 41.3 Å². The summed E-state index contributed by atoms with van der Waals surface area (Å²) < 4.78 is 14.7. The standard InChI is InChI=1S/C10H7FN2OS/c11-7-2-1-3-8(6-7)13-5-4-9(14)12-10(13)15/h1-6H,(H,12,14,15). The molecule has 1 aromatic carbocycles. The molecule has 0 bridgehead atoms. The summed E-state index contributed by atoms with van der Waals surface area (Å²) in [6, 6.07) is 7.31. The third-order valence-corrected chi connectivity index (χ3v) is 2.21. The van der Waals surface area contributed by atoms with Gasteiger partial charge in [0.25, 0.3) is 5.56 Å². The van der Waals surface area contributed by atoms with Crippen LogP contribution in [0.3, 0.4) is 0 Å². The Kier molecular flexibility index (Phi) is 2.47. The van der Waals surface area contributed by atoms with E-state index in [1.807, 2.05) is 0 Å². The second kappa shape index (κ2) is 3.78. The summed E-state index contributed by atoms with van der Waals surface area (Å²) in [6.07, 6.45) is 1.51. The minimum absolute atomic E-state index is 0.244. The Morgan fingerprint density at radius 3 is 2.80 bits per heavy atom. The largest absolute Gasteiger partial charge is 0.299 e. The van der Waals surface area contributed by atoms with Crippen molar-refractivity contribution in [3.63, 3.8) is 0 Å². The minimum Gasteiger partial charge on any atom is -0.299 e. The van der Waals surface area contributed by atoms with E-state index < -0.39 is 0 Å². The fraction of sp³-hybridized carbons (Fsp3) is 0. The lowest BCUT2D eigenvalue weighted by Gasteiger charge is -2.05. The van der Waals surface area contributed by atoms with Crippen molar-refractivity contribution < 1.29 is 4.39 Å². The number of H-pyrrole nitrogens is 1. The third-order valence-electron chi connectivity index (χ3n) is 1.91. The fourth-order valence-electron chi connectivity index (χ4n) is 1.25. The van der Waals surface area contributed by atoms with Gasteiger partial charge in [-0.15, -0.1) is 0 Å². The van der Waals surface area contributed by atoms with Crippen molar-refractivity contribution in [3.05, 3.63) is 57.5 Å². The second-order valence-corrected chi connectivity index (χ2v) is 3.35. The van der Waals surface area contributed by atoms with E-state index in [0.717, 1.165) is 0 Å². The maximum Gasteiger partial charge on any atom is 0.251 e. The average Bonchev–Trinajstić information content (AvgIpc) is 2.17. The van der Waals surface area contributed by atoms with Crippen molar-refractivity contribution in [2.45, 2.75) is 0 Å². The van der Waals surface area contributed by atoms with Crippen molar-refractivity contribution in [3.8, 4) is 5.69 Å². The highest BCUT2D eigenvalue weighted by atomic mass is 32.1. The molecule has 0 saturated carbocycles. The van der Waals surface area contributed by atoms with Crippen molar-refractivity contribution in [1.29, 1.82) is 0 Å². The van der Waals surface area contributed by atoms with Gasteiger partial charge in [-0.25, -0.2) is 4.39 Å². The molecule has 0 spiro atoms. The van der Waals surface area contributed by atoms with Gasteiger partial charge in [-0.1, -0.05) is 6.07 Å². The first-order valence-corrected chi connectivity index (χ1v) is 4.65. The lowest BCUT2D eigenvalue weighted by Crippen LogP contribution is -2.09. The van der Waals surface area contributed by atoms with Gasteiger partial charge >= 0.3 is 0 Å². The Bertz CT molecular complexity index is 603. The number of hydrogen-bond acceptors (Lipinski definition) is 2. The van der Waals surface area contributed by atoms with E-state index in [0.29, 0.717) is 5.69 Å². The van der Waals surface area contributed by atoms with Gasteiger partial charge in [0.2, 0.25) is 0 Å². The maximum absolute atomic E-state index is 12.9. The van der Waals surface area contributed by atoms with Crippen LogP contribution in [-0.4, -0.2) is 9.55 Å². The van der Waals surface area contributed by atoms with Crippen LogP contribution in [0.4, 0.5) is 4.39 Å². The Hall–Kier alpha value is -1.75. The second-order valence-electron chi connectivity index (χ2n) is 2.96. The highest BCUT2D eigenvalue weighted by Gasteiger charge is 1.98. The summed E-state index contributed by atoms with van der Waals surface area (Å²) in [7, 11) is 0. The van der Waals surface area contributed by atoms with E-state index in [4.69, 9.17) is 12.2 Å². The number of nitrogens with zero attached hydrogens (tertiary/aromatic N) is 1. The van der Waals surface area contributed by atoms with E-state index in [2.05, 4.69) is 4.98 Å². The molecule has 5 heteroatoms. The van der Waals surface area contributed by atoms with E-state index in [9.17, 15) is 9.18 Å². The molecule has 76 valence electrons. The van der Waals surface area contributed by atoms with E-state index in [-0.39, 0.29) is 16.1 Å². The van der Waals surface area contributed by atoms with Crippen LogP contribution < -0.4 is 5.56 Å². The number of aromatic amines is 1. The van der Waals surface area contributed by atoms with Crippen LogP contribution in [-0.2, 0) is 0 Å². The summed E-state index contributed by atoms with van der Waals surface area (Å²) in [4.78, 5) is 13.4. The molecule has 1 heterocycles. The number of halogens is 1. The molecule has 1 N–H and O–H groups in total. The van der Waals surface area contributed by atoms with Crippen LogP contribution >= 0.6 is 12.2 Å². The van der Waals surface area contributed by atoms with Crippen LogP contribution in [0.2, 0.25) is 0 Å². The molecule has 1 aromatic heterocycles. The Morgan fingerprint density at radius 2 is 2.13 bits per heavy atom. The highest BCUT2D eigenvalue weighted by molar-refractivity contribution is 7.71. The molecule has 3 nitrogen and oxygen atoms in total. The predicted octanol–water partition coefficient (Wildman–Crippen LogP) is 2.03. The van der Waals surface area contributed by atoms with Crippen molar-refractivity contribution in [2.75, 3.05) is 0 Å². The molecular formula is C10H7FN2OS. The SMILES string of the molecule is O=c1ccn(-c2cccc(F)c2)c(=S)[nH]1. The molecule has 0 aliphatic heterocycles. The lowest BCUT2D eigenvalue weighted by molar-refractivity contribution is 0.626. The highest BCUT2D eigenvalue weighted by Crippen LogP contribution is 2.08. The van der Waals surface area contributed by atoms with Crippen LogP contribution in [0.5, 0.6) is 0 Å². The lowest BCUT2D eigenvalue weighted by atomic mass is 10.3. The number of rotatable bonds is 1. The number of hydrogen-bond donors (Lipinski definition) is 1. The topological polar surface area (TPSA) is 37.8 Å². The molecule has 0 aliphatic rings. The molecule has 0 amide bonds. The van der Waals surface area contributed by atoms with Crippen LogP contribution in [0.1, 0.15) is 0 Å². The van der Waals surface area contributed by atoms with Gasteiger partial charge in [-0.3, -0.25) is 14.3 Å². The van der Waals surface area contributed by atoms with E-state index in [1.165, 1.54) is 29.0 Å². The first-order valence-electron chi connectivity index (χ1n) is 4.25. The number of nitrogens with one attached hydrogen (secondary N) is 1. The number of benzene rings is 1. The quantitative estimate of drug-likeness (QED) is 0.750. The van der Waals surface area contributed by atoms with Gasteiger partial charge in [0.15, 0.2) is 4.77 Å². The third kappa shape index (κ3) is 2.02. The zero-order chi connectivity index (χ0) is 10.8. The smallest absolute Gasteiger partial charge is 0.251 e. The zero-order valence-corrected chi connectivity index (χ0v) is 8.42. The molecule has 0 fully saturated rings. The van der Waals surface area contributed by atoms with E-state index in [1.54, 1.807) is 12.1 Å². The summed E-state index contributed by atoms with van der Waals surface area (Å²) in [6.45, 7) is 0. The monoisotopic (exact) mass is 222 g/mol. The number of aromatic nitrogens is 2. The van der Waals surface area contributed by atoms with Gasteiger partial charge in [-0.2, -0.15) is 0 Å².